The predicted molar refractivity (Wildman–Crippen MR) is 93.3 cm³/mol. The molecule has 8 heteroatoms. The minimum Gasteiger partial charge on any atom is -0.344 e. The van der Waals surface area contributed by atoms with E-state index in [1.54, 1.807) is 11.3 Å². The van der Waals surface area contributed by atoms with E-state index in [0.717, 1.165) is 42.3 Å². The van der Waals surface area contributed by atoms with Gasteiger partial charge in [0.2, 0.25) is 0 Å². The van der Waals surface area contributed by atoms with Gasteiger partial charge in [-0.3, -0.25) is 4.79 Å². The standard InChI is InChI=1S/C16H24N6OS/c1-10(2)13-9-24-14(19-13)8-18-16(23)15-11(3)22(21-20-15)12-4-6-17-7-5-12/h9-10,12,17H,4-8H2,1-3H3,(H,18,23). The van der Waals surface area contributed by atoms with Crippen molar-refractivity contribution in [2.24, 2.45) is 0 Å². The zero-order chi connectivity index (χ0) is 17.1. The van der Waals surface area contributed by atoms with Gasteiger partial charge in [-0.2, -0.15) is 0 Å². The molecular weight excluding hydrogens is 324 g/mol. The summed E-state index contributed by atoms with van der Waals surface area (Å²) in [5.74, 6) is 0.215. The van der Waals surface area contributed by atoms with Gasteiger partial charge in [0.25, 0.3) is 5.91 Å². The van der Waals surface area contributed by atoms with Crippen LogP contribution >= 0.6 is 11.3 Å². The summed E-state index contributed by atoms with van der Waals surface area (Å²) in [4.78, 5) is 16.9. The van der Waals surface area contributed by atoms with E-state index in [4.69, 9.17) is 0 Å². The predicted octanol–water partition coefficient (Wildman–Crippen LogP) is 2.02. The number of nitrogens with zero attached hydrogens (tertiary/aromatic N) is 4. The van der Waals surface area contributed by atoms with Crippen LogP contribution in [0.1, 0.15) is 65.5 Å². The van der Waals surface area contributed by atoms with Crippen molar-refractivity contribution in [1.82, 2.24) is 30.6 Å². The normalized spacial score (nSPS) is 15.8. The van der Waals surface area contributed by atoms with Crippen molar-refractivity contribution in [3.63, 3.8) is 0 Å². The topological polar surface area (TPSA) is 84.7 Å². The number of thiazole rings is 1. The molecule has 24 heavy (non-hydrogen) atoms. The van der Waals surface area contributed by atoms with E-state index in [1.165, 1.54) is 0 Å². The molecule has 0 radical (unpaired) electrons. The van der Waals surface area contributed by atoms with Gasteiger partial charge in [0.05, 0.1) is 24.0 Å². The molecule has 3 rings (SSSR count). The molecule has 0 aromatic carbocycles. The zero-order valence-corrected chi connectivity index (χ0v) is 15.2. The largest absolute Gasteiger partial charge is 0.344 e. The van der Waals surface area contributed by atoms with Crippen LogP contribution in [0.5, 0.6) is 0 Å². The molecule has 7 nitrogen and oxygen atoms in total. The lowest BCUT2D eigenvalue weighted by molar-refractivity contribution is 0.0945. The van der Waals surface area contributed by atoms with E-state index in [1.807, 2.05) is 17.0 Å². The van der Waals surface area contributed by atoms with Crippen LogP contribution in [-0.2, 0) is 6.54 Å². The van der Waals surface area contributed by atoms with Crippen LogP contribution < -0.4 is 10.6 Å². The van der Waals surface area contributed by atoms with Gasteiger partial charge >= 0.3 is 0 Å². The molecule has 1 aliphatic rings. The number of hydrogen-bond acceptors (Lipinski definition) is 6. The SMILES string of the molecule is Cc1c(C(=O)NCc2nc(C(C)C)cs2)nnn1C1CCNCC1. The second-order valence-electron chi connectivity index (χ2n) is 6.45. The highest BCUT2D eigenvalue weighted by Gasteiger charge is 2.22. The Morgan fingerprint density at radius 3 is 2.88 bits per heavy atom. The molecule has 0 spiro atoms. The fourth-order valence-corrected chi connectivity index (χ4v) is 3.76. The van der Waals surface area contributed by atoms with Gasteiger partial charge in [0.1, 0.15) is 5.01 Å². The molecule has 2 N–H and O–H groups in total. The lowest BCUT2D eigenvalue weighted by Crippen LogP contribution is -2.30. The number of aromatic nitrogens is 4. The van der Waals surface area contributed by atoms with Crippen LogP contribution in [0.15, 0.2) is 5.38 Å². The summed E-state index contributed by atoms with van der Waals surface area (Å²) in [6.45, 7) is 8.52. The lowest BCUT2D eigenvalue weighted by Gasteiger charge is -2.23. The van der Waals surface area contributed by atoms with Crippen molar-refractivity contribution in [2.45, 2.75) is 52.1 Å². The fraction of sp³-hybridized carbons (Fsp3) is 0.625. The Morgan fingerprint density at radius 1 is 1.46 bits per heavy atom. The minimum atomic E-state index is -0.186. The van der Waals surface area contributed by atoms with Crippen LogP contribution in [-0.4, -0.2) is 39.0 Å². The Bertz CT molecular complexity index is 701. The number of carbonyl (C=O) groups is 1. The molecule has 1 fully saturated rings. The molecular formula is C16H24N6OS. The van der Waals surface area contributed by atoms with Gasteiger partial charge in [-0.1, -0.05) is 19.1 Å². The van der Waals surface area contributed by atoms with E-state index >= 15 is 0 Å². The zero-order valence-electron chi connectivity index (χ0n) is 14.4. The maximum atomic E-state index is 12.4. The summed E-state index contributed by atoms with van der Waals surface area (Å²) < 4.78 is 1.90. The molecule has 130 valence electrons. The summed E-state index contributed by atoms with van der Waals surface area (Å²) in [5, 5.41) is 17.5. The van der Waals surface area contributed by atoms with E-state index in [0.29, 0.717) is 24.2 Å². The minimum absolute atomic E-state index is 0.186. The lowest BCUT2D eigenvalue weighted by atomic mass is 10.1. The quantitative estimate of drug-likeness (QED) is 0.863. The van der Waals surface area contributed by atoms with E-state index in [9.17, 15) is 4.79 Å². The maximum Gasteiger partial charge on any atom is 0.274 e. The third-order valence-corrected chi connectivity index (χ3v) is 5.23. The number of amides is 1. The highest BCUT2D eigenvalue weighted by molar-refractivity contribution is 7.09. The fourth-order valence-electron chi connectivity index (χ4n) is 2.86. The highest BCUT2D eigenvalue weighted by atomic mass is 32.1. The van der Waals surface area contributed by atoms with Crippen LogP contribution in [0.4, 0.5) is 0 Å². The molecule has 0 saturated carbocycles. The van der Waals surface area contributed by atoms with E-state index in [2.05, 4.69) is 39.8 Å². The number of carbonyl (C=O) groups excluding carboxylic acids is 1. The van der Waals surface area contributed by atoms with E-state index in [-0.39, 0.29) is 5.91 Å². The van der Waals surface area contributed by atoms with Crippen LogP contribution in [0.25, 0.3) is 0 Å². The van der Waals surface area contributed by atoms with Crippen molar-refractivity contribution in [2.75, 3.05) is 13.1 Å². The summed E-state index contributed by atoms with van der Waals surface area (Å²) in [5.41, 5.74) is 2.31. The Morgan fingerprint density at radius 2 is 2.21 bits per heavy atom. The highest BCUT2D eigenvalue weighted by Crippen LogP contribution is 2.20. The van der Waals surface area contributed by atoms with Gasteiger partial charge in [-0.15, -0.1) is 16.4 Å². The first-order valence-corrected chi connectivity index (χ1v) is 9.29. The molecule has 0 atom stereocenters. The number of rotatable bonds is 5. The summed E-state index contributed by atoms with van der Waals surface area (Å²) >= 11 is 1.57. The number of hydrogen-bond donors (Lipinski definition) is 2. The maximum absolute atomic E-state index is 12.4. The number of piperidine rings is 1. The molecule has 2 aromatic rings. The average Bonchev–Trinajstić information content (AvgIpc) is 3.20. The first kappa shape index (κ1) is 17.0. The first-order chi connectivity index (χ1) is 11.6. The second-order valence-corrected chi connectivity index (χ2v) is 7.40. The van der Waals surface area contributed by atoms with Crippen molar-refractivity contribution in [3.05, 3.63) is 27.5 Å². The third-order valence-electron chi connectivity index (χ3n) is 4.36. The van der Waals surface area contributed by atoms with Gasteiger partial charge in [-0.05, 0) is 38.8 Å². The van der Waals surface area contributed by atoms with Crippen LogP contribution in [0.2, 0.25) is 0 Å². The molecule has 0 aliphatic carbocycles. The van der Waals surface area contributed by atoms with Gasteiger partial charge in [0, 0.05) is 5.38 Å². The molecule has 1 aliphatic heterocycles. The Kier molecular flexibility index (Phi) is 5.25. The summed E-state index contributed by atoms with van der Waals surface area (Å²) in [6, 6.07) is 0.327. The van der Waals surface area contributed by atoms with Crippen molar-refractivity contribution >= 4 is 17.2 Å². The second kappa shape index (κ2) is 7.40. The van der Waals surface area contributed by atoms with Crippen LogP contribution in [0, 0.1) is 6.92 Å². The Labute approximate surface area is 145 Å². The van der Waals surface area contributed by atoms with Gasteiger partial charge in [0.15, 0.2) is 5.69 Å². The molecule has 1 amide bonds. The molecule has 1 saturated heterocycles. The monoisotopic (exact) mass is 348 g/mol. The van der Waals surface area contributed by atoms with Crippen molar-refractivity contribution in [3.8, 4) is 0 Å². The van der Waals surface area contributed by atoms with Crippen LogP contribution in [0.3, 0.4) is 0 Å². The van der Waals surface area contributed by atoms with Gasteiger partial charge < -0.3 is 10.6 Å². The van der Waals surface area contributed by atoms with E-state index < -0.39 is 0 Å². The molecule has 3 heterocycles. The summed E-state index contributed by atoms with van der Waals surface area (Å²) in [7, 11) is 0. The average molecular weight is 348 g/mol. The molecule has 0 unspecified atom stereocenters. The van der Waals surface area contributed by atoms with Crippen molar-refractivity contribution in [1.29, 1.82) is 0 Å². The Balaban J connectivity index is 1.63. The van der Waals surface area contributed by atoms with Crippen molar-refractivity contribution < 1.29 is 4.79 Å². The molecule has 0 bridgehead atoms. The van der Waals surface area contributed by atoms with Gasteiger partial charge in [-0.25, -0.2) is 9.67 Å². The first-order valence-electron chi connectivity index (χ1n) is 8.41. The third kappa shape index (κ3) is 3.64. The smallest absolute Gasteiger partial charge is 0.274 e. The molecule has 2 aromatic heterocycles. The summed E-state index contributed by atoms with van der Waals surface area (Å²) in [6.07, 6.45) is 2.03. The Hall–Kier alpha value is -1.80. The number of nitrogens with one attached hydrogen (secondary N) is 2.